The summed E-state index contributed by atoms with van der Waals surface area (Å²) in [6, 6.07) is 0. The monoisotopic (exact) mass is 466 g/mol. The first-order valence-corrected chi connectivity index (χ1v) is 12.2. The molecule has 4 atom stereocenters. The topological polar surface area (TPSA) is 70.4 Å². The first kappa shape index (κ1) is 25.7. The lowest BCUT2D eigenvalue weighted by Gasteiger charge is -2.42. The van der Waals surface area contributed by atoms with Crippen LogP contribution in [-0.2, 0) is 26.1 Å². The largest absolute Gasteiger partial charge is 0.466 e. The number of fused-ring (bicyclic) bond motifs is 1. The number of ether oxygens (including phenoxy) is 2. The highest BCUT2D eigenvalue weighted by Gasteiger charge is 2.37. The molecule has 1 aromatic heterocycles. The number of imidazole rings is 1. The molecular weight excluding hydrogens is 428 g/mol. The minimum Gasteiger partial charge on any atom is -0.466 e. The van der Waals surface area contributed by atoms with Crippen molar-refractivity contribution < 1.29 is 19.1 Å². The van der Waals surface area contributed by atoms with Gasteiger partial charge < -0.3 is 14.0 Å². The Morgan fingerprint density at radius 1 is 1.21 bits per heavy atom. The van der Waals surface area contributed by atoms with Gasteiger partial charge in [-0.2, -0.15) is 0 Å². The minimum absolute atomic E-state index is 0.204. The zero-order valence-electron chi connectivity index (χ0n) is 21.1. The van der Waals surface area contributed by atoms with E-state index in [0.29, 0.717) is 36.5 Å². The van der Waals surface area contributed by atoms with Crippen molar-refractivity contribution in [1.82, 2.24) is 9.55 Å². The Morgan fingerprint density at radius 3 is 2.68 bits per heavy atom. The normalized spacial score (nSPS) is 27.8. The Kier molecular flexibility index (Phi) is 9.08. The minimum atomic E-state index is -0.346. The van der Waals surface area contributed by atoms with Crippen LogP contribution in [0, 0.1) is 23.7 Å². The van der Waals surface area contributed by atoms with E-state index in [1.165, 1.54) is 18.8 Å². The molecule has 6 nitrogen and oxygen atoms in total. The van der Waals surface area contributed by atoms with Crippen molar-refractivity contribution in [2.24, 2.45) is 30.7 Å². The van der Waals surface area contributed by atoms with Gasteiger partial charge >= 0.3 is 11.9 Å². The zero-order valence-corrected chi connectivity index (χ0v) is 21.1. The average Bonchev–Trinajstić information content (AvgIpc) is 3.21. The molecule has 0 fully saturated rings. The molecule has 2 aliphatic rings. The molecule has 184 valence electrons. The highest BCUT2D eigenvalue weighted by molar-refractivity contribution is 5.86. The summed E-state index contributed by atoms with van der Waals surface area (Å²) in [7, 11) is 3.31. The number of esters is 2. The van der Waals surface area contributed by atoms with Gasteiger partial charge in [0.15, 0.2) is 0 Å². The zero-order chi connectivity index (χ0) is 24.7. The maximum atomic E-state index is 12.6. The third-order valence-electron chi connectivity index (χ3n) is 7.10. The van der Waals surface area contributed by atoms with Gasteiger partial charge in [0.05, 0.1) is 19.1 Å². The van der Waals surface area contributed by atoms with E-state index >= 15 is 0 Å². The van der Waals surface area contributed by atoms with Gasteiger partial charge in [0.1, 0.15) is 6.10 Å². The van der Waals surface area contributed by atoms with E-state index < -0.39 is 0 Å². The van der Waals surface area contributed by atoms with Crippen molar-refractivity contribution in [2.45, 2.75) is 59.0 Å². The predicted octanol–water partition coefficient (Wildman–Crippen LogP) is 5.43. The van der Waals surface area contributed by atoms with Gasteiger partial charge in [0, 0.05) is 31.8 Å². The van der Waals surface area contributed by atoms with Crippen LogP contribution in [0.1, 0.15) is 58.6 Å². The predicted molar refractivity (Wildman–Crippen MR) is 134 cm³/mol. The number of hydrogen-bond donors (Lipinski definition) is 0. The van der Waals surface area contributed by atoms with Gasteiger partial charge in [-0.25, -0.2) is 14.6 Å². The molecule has 1 aromatic rings. The second-order valence-electron chi connectivity index (χ2n) is 9.90. The van der Waals surface area contributed by atoms with E-state index in [0.717, 1.165) is 30.5 Å². The fourth-order valence-electron chi connectivity index (χ4n) is 5.27. The lowest BCUT2D eigenvalue weighted by molar-refractivity contribution is -0.143. The van der Waals surface area contributed by atoms with Crippen LogP contribution in [0.3, 0.4) is 0 Å². The molecule has 0 radical (unpaired) electrons. The lowest BCUT2D eigenvalue weighted by atomic mass is 9.64. The molecule has 0 saturated heterocycles. The van der Waals surface area contributed by atoms with Crippen molar-refractivity contribution in [3.8, 4) is 0 Å². The molecule has 6 heteroatoms. The fourth-order valence-corrected chi connectivity index (χ4v) is 5.27. The maximum absolute atomic E-state index is 12.6. The van der Waals surface area contributed by atoms with Gasteiger partial charge in [0.25, 0.3) is 0 Å². The van der Waals surface area contributed by atoms with Crippen LogP contribution in [0.2, 0.25) is 0 Å². The molecule has 0 aromatic carbocycles. The highest BCUT2D eigenvalue weighted by atomic mass is 16.5. The van der Waals surface area contributed by atoms with Crippen LogP contribution in [0.4, 0.5) is 0 Å². The van der Waals surface area contributed by atoms with Gasteiger partial charge in [-0.1, -0.05) is 43.2 Å². The summed E-state index contributed by atoms with van der Waals surface area (Å²) in [4.78, 5) is 28.8. The summed E-state index contributed by atoms with van der Waals surface area (Å²) in [6.07, 6.45) is 18.7. The molecule has 0 aliphatic heterocycles. The Morgan fingerprint density at radius 2 is 2.00 bits per heavy atom. The summed E-state index contributed by atoms with van der Waals surface area (Å²) in [5.74, 6) is 1.08. The first-order chi connectivity index (χ1) is 16.3. The van der Waals surface area contributed by atoms with Crippen LogP contribution >= 0.6 is 0 Å². The number of aryl methyl sites for hydroxylation is 1. The third kappa shape index (κ3) is 7.05. The van der Waals surface area contributed by atoms with Crippen LogP contribution in [0.15, 0.2) is 54.1 Å². The van der Waals surface area contributed by atoms with Crippen molar-refractivity contribution in [2.75, 3.05) is 7.11 Å². The van der Waals surface area contributed by atoms with E-state index in [4.69, 9.17) is 9.47 Å². The average molecular weight is 467 g/mol. The number of allylic oxidation sites excluding steroid dienone is 4. The summed E-state index contributed by atoms with van der Waals surface area (Å²) in [5, 5.41) is 0. The van der Waals surface area contributed by atoms with E-state index in [9.17, 15) is 9.59 Å². The SMILES string of the molecule is COC(=O)C=C1C/C=C\CC(OC(=O)C=Cc2cn(C)cn2)CC2C(C)=CCC(C(C)C)C2C1. The van der Waals surface area contributed by atoms with Crippen molar-refractivity contribution in [3.63, 3.8) is 0 Å². The second kappa shape index (κ2) is 12.0. The van der Waals surface area contributed by atoms with E-state index in [2.05, 4.69) is 44.0 Å². The molecule has 4 unspecified atom stereocenters. The molecule has 1 heterocycles. The summed E-state index contributed by atoms with van der Waals surface area (Å²) in [6.45, 7) is 6.75. The number of rotatable bonds is 5. The number of aromatic nitrogens is 2. The summed E-state index contributed by atoms with van der Waals surface area (Å²) < 4.78 is 12.7. The van der Waals surface area contributed by atoms with Gasteiger partial charge in [0.2, 0.25) is 0 Å². The molecule has 0 amide bonds. The standard InChI is InChI=1S/C28H38N2O4/c1-19(2)24-12-10-20(3)25-16-23(34-27(31)13-11-22-17-30(4)18-29-22)9-7-6-8-21(14-26(24)25)15-28(32)33-5/h6-7,10-11,13,15,17-19,23-26H,8-9,12,14,16H2,1-5H3/b7-6-,13-11?,21-15?. The van der Waals surface area contributed by atoms with E-state index in [-0.39, 0.29) is 18.0 Å². The molecule has 34 heavy (non-hydrogen) atoms. The fraction of sp³-hybridized carbons (Fsp3) is 0.536. The Balaban J connectivity index is 1.83. The number of carbonyl (C=O) groups is 2. The van der Waals surface area contributed by atoms with Crippen LogP contribution in [0.25, 0.3) is 6.08 Å². The quantitative estimate of drug-likeness (QED) is 0.329. The highest BCUT2D eigenvalue weighted by Crippen LogP contribution is 2.45. The number of methoxy groups -OCH3 is 1. The summed E-state index contributed by atoms with van der Waals surface area (Å²) in [5.41, 5.74) is 3.18. The van der Waals surface area contributed by atoms with Crippen molar-refractivity contribution in [3.05, 3.63) is 59.7 Å². The van der Waals surface area contributed by atoms with Crippen LogP contribution < -0.4 is 0 Å². The lowest BCUT2D eigenvalue weighted by Crippen LogP contribution is -2.35. The van der Waals surface area contributed by atoms with Crippen LogP contribution in [-0.4, -0.2) is 34.7 Å². The molecular formula is C28H38N2O4. The Bertz CT molecular complexity index is 982. The Hall–Kier alpha value is -2.89. The molecule has 0 N–H and O–H groups in total. The number of nitrogens with zero attached hydrogens (tertiary/aromatic N) is 2. The molecule has 0 bridgehead atoms. The second-order valence-corrected chi connectivity index (χ2v) is 9.90. The molecule has 0 saturated carbocycles. The molecule has 0 spiro atoms. The van der Waals surface area contributed by atoms with E-state index in [1.54, 1.807) is 18.5 Å². The van der Waals surface area contributed by atoms with Gasteiger partial charge in [-0.3, -0.25) is 0 Å². The van der Waals surface area contributed by atoms with Gasteiger partial charge in [-0.05, 0) is 62.4 Å². The smallest absolute Gasteiger partial charge is 0.331 e. The van der Waals surface area contributed by atoms with E-state index in [1.807, 2.05) is 17.8 Å². The number of hydrogen-bond acceptors (Lipinski definition) is 5. The third-order valence-corrected chi connectivity index (χ3v) is 7.10. The van der Waals surface area contributed by atoms with Gasteiger partial charge in [-0.15, -0.1) is 0 Å². The number of carbonyl (C=O) groups excluding carboxylic acids is 2. The van der Waals surface area contributed by atoms with Crippen molar-refractivity contribution >= 4 is 18.0 Å². The first-order valence-electron chi connectivity index (χ1n) is 12.2. The summed E-state index contributed by atoms with van der Waals surface area (Å²) >= 11 is 0. The van der Waals surface area contributed by atoms with Crippen molar-refractivity contribution in [1.29, 1.82) is 0 Å². The maximum Gasteiger partial charge on any atom is 0.331 e. The Labute approximate surface area is 203 Å². The van der Waals surface area contributed by atoms with Crippen LogP contribution in [0.5, 0.6) is 0 Å². The molecule has 3 rings (SSSR count). The molecule has 2 aliphatic carbocycles.